The van der Waals surface area contributed by atoms with E-state index in [1.54, 1.807) is 24.3 Å². The molecule has 2 rings (SSSR count). The first kappa shape index (κ1) is 14.9. The summed E-state index contributed by atoms with van der Waals surface area (Å²) in [5.74, 6) is 0.295. The van der Waals surface area contributed by atoms with E-state index in [2.05, 4.69) is 12.2 Å². The van der Waals surface area contributed by atoms with Crippen LogP contribution in [0.1, 0.15) is 43.0 Å². The Kier molecular flexibility index (Phi) is 5.41. The van der Waals surface area contributed by atoms with Crippen LogP contribution in [0.15, 0.2) is 24.3 Å². The van der Waals surface area contributed by atoms with Gasteiger partial charge in [-0.25, -0.2) is 4.79 Å². The summed E-state index contributed by atoms with van der Waals surface area (Å²) in [5.41, 5.74) is 0.221. The molecule has 0 bridgehead atoms. The van der Waals surface area contributed by atoms with E-state index in [4.69, 9.17) is 9.84 Å². The lowest BCUT2D eigenvalue weighted by molar-refractivity contribution is 0.0692. The fourth-order valence-corrected chi connectivity index (χ4v) is 2.81. The number of carboxylic acids is 1. The number of hydrogen-bond donors (Lipinski definition) is 2. The molecule has 0 heterocycles. The van der Waals surface area contributed by atoms with E-state index in [1.807, 2.05) is 0 Å². The smallest absolute Gasteiger partial charge is 0.339 e. The second-order valence-electron chi connectivity index (χ2n) is 5.57. The first-order chi connectivity index (χ1) is 9.66. The molecule has 4 heteroatoms. The molecule has 2 atom stereocenters. The molecule has 0 aromatic heterocycles. The molecular formula is C16H23NO3. The van der Waals surface area contributed by atoms with Gasteiger partial charge in [0, 0.05) is 12.6 Å². The minimum atomic E-state index is -0.949. The van der Waals surface area contributed by atoms with Crippen LogP contribution in [0.25, 0.3) is 0 Å². The normalized spacial score (nSPS) is 22.4. The quantitative estimate of drug-likeness (QED) is 0.785. The van der Waals surface area contributed by atoms with E-state index in [-0.39, 0.29) is 5.56 Å². The van der Waals surface area contributed by atoms with Gasteiger partial charge in [-0.15, -0.1) is 0 Å². The zero-order valence-electron chi connectivity index (χ0n) is 12.0. The van der Waals surface area contributed by atoms with Gasteiger partial charge < -0.3 is 15.2 Å². The third kappa shape index (κ3) is 4.23. The van der Waals surface area contributed by atoms with E-state index in [9.17, 15) is 4.79 Å². The minimum absolute atomic E-state index is 0.221. The van der Waals surface area contributed by atoms with Gasteiger partial charge in [0.05, 0.1) is 0 Å². The summed E-state index contributed by atoms with van der Waals surface area (Å²) >= 11 is 0. The monoisotopic (exact) mass is 277 g/mol. The molecule has 110 valence electrons. The van der Waals surface area contributed by atoms with Crippen molar-refractivity contribution in [2.75, 3.05) is 13.2 Å². The molecule has 4 nitrogen and oxygen atoms in total. The predicted octanol–water partition coefficient (Wildman–Crippen LogP) is 2.93. The first-order valence-corrected chi connectivity index (χ1v) is 7.35. The van der Waals surface area contributed by atoms with Crippen molar-refractivity contribution in [2.45, 2.75) is 38.6 Å². The molecule has 20 heavy (non-hydrogen) atoms. The number of ether oxygens (including phenoxy) is 1. The van der Waals surface area contributed by atoms with Crippen LogP contribution in [0.3, 0.4) is 0 Å². The van der Waals surface area contributed by atoms with Gasteiger partial charge >= 0.3 is 5.97 Å². The highest BCUT2D eigenvalue weighted by Crippen LogP contribution is 2.23. The lowest BCUT2D eigenvalue weighted by Crippen LogP contribution is -2.36. The van der Waals surface area contributed by atoms with Crippen LogP contribution in [-0.4, -0.2) is 30.3 Å². The third-order valence-corrected chi connectivity index (χ3v) is 3.85. The van der Waals surface area contributed by atoms with Gasteiger partial charge in [0.1, 0.15) is 17.9 Å². The highest BCUT2D eigenvalue weighted by molar-refractivity contribution is 5.90. The highest BCUT2D eigenvalue weighted by Gasteiger charge is 2.18. The molecule has 2 N–H and O–H groups in total. The number of hydrogen-bond acceptors (Lipinski definition) is 3. The Balaban J connectivity index is 1.74. The van der Waals surface area contributed by atoms with Crippen LogP contribution in [0.5, 0.6) is 5.75 Å². The van der Waals surface area contributed by atoms with Crippen molar-refractivity contribution in [3.05, 3.63) is 29.8 Å². The van der Waals surface area contributed by atoms with Crippen molar-refractivity contribution in [3.8, 4) is 5.75 Å². The van der Waals surface area contributed by atoms with Gasteiger partial charge in [-0.2, -0.15) is 0 Å². The molecule has 0 spiro atoms. The fourth-order valence-electron chi connectivity index (χ4n) is 2.81. The van der Waals surface area contributed by atoms with Crippen LogP contribution in [-0.2, 0) is 0 Å². The van der Waals surface area contributed by atoms with Gasteiger partial charge in [0.25, 0.3) is 0 Å². The third-order valence-electron chi connectivity index (χ3n) is 3.85. The van der Waals surface area contributed by atoms with Gasteiger partial charge in [-0.3, -0.25) is 0 Å². The number of carbonyl (C=O) groups is 1. The molecule has 1 aliphatic rings. The molecule has 1 aromatic rings. The summed E-state index contributed by atoms with van der Waals surface area (Å²) in [7, 11) is 0. The molecule has 2 unspecified atom stereocenters. The molecule has 1 aromatic carbocycles. The Morgan fingerprint density at radius 2 is 2.20 bits per heavy atom. The van der Waals surface area contributed by atoms with Crippen LogP contribution in [0.4, 0.5) is 0 Å². The second kappa shape index (κ2) is 7.29. The summed E-state index contributed by atoms with van der Waals surface area (Å²) in [6, 6.07) is 7.34. The SMILES string of the molecule is CC1CCCC(NCCOc2ccccc2C(=O)O)C1. The Labute approximate surface area is 120 Å². The Hall–Kier alpha value is -1.55. The summed E-state index contributed by atoms with van der Waals surface area (Å²) in [4.78, 5) is 11.0. The summed E-state index contributed by atoms with van der Waals surface area (Å²) in [5, 5.41) is 12.6. The summed E-state index contributed by atoms with van der Waals surface area (Å²) in [6.07, 6.45) is 5.09. The Morgan fingerprint density at radius 3 is 2.95 bits per heavy atom. The first-order valence-electron chi connectivity index (χ1n) is 7.35. The van der Waals surface area contributed by atoms with Gasteiger partial charge in [0.15, 0.2) is 0 Å². The van der Waals surface area contributed by atoms with Crippen LogP contribution < -0.4 is 10.1 Å². The van der Waals surface area contributed by atoms with E-state index in [1.165, 1.54) is 25.7 Å². The van der Waals surface area contributed by atoms with Crippen LogP contribution in [0, 0.1) is 5.92 Å². The predicted molar refractivity (Wildman–Crippen MR) is 78.3 cm³/mol. The van der Waals surface area contributed by atoms with Crippen molar-refractivity contribution in [1.29, 1.82) is 0 Å². The van der Waals surface area contributed by atoms with Gasteiger partial charge in [-0.1, -0.05) is 31.9 Å². The highest BCUT2D eigenvalue weighted by atomic mass is 16.5. The number of carboxylic acid groups (broad SMARTS) is 1. The average Bonchev–Trinajstić information content (AvgIpc) is 2.44. The maximum absolute atomic E-state index is 11.0. The average molecular weight is 277 g/mol. The second-order valence-corrected chi connectivity index (χ2v) is 5.57. The van der Waals surface area contributed by atoms with Crippen molar-refractivity contribution in [3.63, 3.8) is 0 Å². The maximum Gasteiger partial charge on any atom is 0.339 e. The Morgan fingerprint density at radius 1 is 1.40 bits per heavy atom. The zero-order valence-corrected chi connectivity index (χ0v) is 12.0. The van der Waals surface area contributed by atoms with Crippen LogP contribution in [0.2, 0.25) is 0 Å². The van der Waals surface area contributed by atoms with Crippen LogP contribution >= 0.6 is 0 Å². The van der Waals surface area contributed by atoms with E-state index in [0.717, 1.165) is 12.5 Å². The van der Waals surface area contributed by atoms with Gasteiger partial charge in [0.2, 0.25) is 0 Å². The molecular weight excluding hydrogens is 254 g/mol. The molecule has 0 radical (unpaired) electrons. The fraction of sp³-hybridized carbons (Fsp3) is 0.562. The lowest BCUT2D eigenvalue weighted by Gasteiger charge is -2.27. The van der Waals surface area contributed by atoms with Crippen molar-refractivity contribution in [2.24, 2.45) is 5.92 Å². The van der Waals surface area contributed by atoms with Gasteiger partial charge in [-0.05, 0) is 30.9 Å². The van der Waals surface area contributed by atoms with Crippen molar-refractivity contribution < 1.29 is 14.6 Å². The largest absolute Gasteiger partial charge is 0.491 e. The minimum Gasteiger partial charge on any atom is -0.491 e. The standard InChI is InChI=1S/C16H23NO3/c1-12-5-4-6-13(11-12)17-9-10-20-15-8-3-2-7-14(15)16(18)19/h2-3,7-8,12-13,17H,4-6,9-11H2,1H3,(H,18,19). The Bertz CT molecular complexity index is 447. The van der Waals surface area contributed by atoms with Crippen molar-refractivity contribution >= 4 is 5.97 Å². The lowest BCUT2D eigenvalue weighted by atomic mass is 9.87. The number of para-hydroxylation sites is 1. The number of nitrogens with one attached hydrogen (secondary N) is 1. The zero-order chi connectivity index (χ0) is 14.4. The summed E-state index contributed by atoms with van der Waals surface area (Å²) < 4.78 is 5.57. The van der Waals surface area contributed by atoms with E-state index >= 15 is 0 Å². The van der Waals surface area contributed by atoms with Crippen molar-refractivity contribution in [1.82, 2.24) is 5.32 Å². The molecule has 0 amide bonds. The molecule has 1 fully saturated rings. The number of aromatic carboxylic acids is 1. The number of rotatable bonds is 6. The summed E-state index contributed by atoms with van der Waals surface area (Å²) in [6.45, 7) is 3.55. The maximum atomic E-state index is 11.0. The van der Waals surface area contributed by atoms with E-state index in [0.29, 0.717) is 18.4 Å². The molecule has 1 saturated carbocycles. The molecule has 0 aliphatic heterocycles. The molecule has 1 aliphatic carbocycles. The molecule has 0 saturated heterocycles. The van der Waals surface area contributed by atoms with E-state index < -0.39 is 5.97 Å². The topological polar surface area (TPSA) is 58.6 Å². The number of benzene rings is 1.